The van der Waals surface area contributed by atoms with Crippen LogP contribution in [0.4, 0.5) is 5.13 Å². The third-order valence-electron chi connectivity index (χ3n) is 4.78. The van der Waals surface area contributed by atoms with E-state index in [1.807, 2.05) is 55.5 Å². The van der Waals surface area contributed by atoms with Crippen LogP contribution in [0, 0.1) is 6.92 Å². The molecule has 0 aliphatic rings. The highest BCUT2D eigenvalue weighted by molar-refractivity contribution is 7.16. The molecule has 29 heavy (non-hydrogen) atoms. The number of ether oxygens (including phenoxy) is 1. The van der Waals surface area contributed by atoms with Crippen LogP contribution in [0.25, 0.3) is 22.2 Å². The third-order valence-corrected chi connectivity index (χ3v) is 5.67. The van der Waals surface area contributed by atoms with Gasteiger partial charge in [-0.1, -0.05) is 18.2 Å². The van der Waals surface area contributed by atoms with E-state index >= 15 is 0 Å². The van der Waals surface area contributed by atoms with Gasteiger partial charge in [-0.2, -0.15) is 0 Å². The van der Waals surface area contributed by atoms with Gasteiger partial charge in [-0.05, 0) is 37.3 Å². The summed E-state index contributed by atoms with van der Waals surface area (Å²) in [5.74, 6) is 0.418. The van der Waals surface area contributed by atoms with E-state index in [-0.39, 0.29) is 11.5 Å². The van der Waals surface area contributed by atoms with Crippen LogP contribution in [0.1, 0.15) is 15.2 Å². The number of nitrogens with zero attached hydrogens (tertiary/aromatic N) is 2. The molecule has 0 aliphatic heterocycles. The second-order valence-electron chi connectivity index (χ2n) is 6.58. The normalized spacial score (nSPS) is 10.9. The molecule has 2 aromatic carbocycles. The average Bonchev–Trinajstić information content (AvgIpc) is 3.10. The van der Waals surface area contributed by atoms with Crippen molar-refractivity contribution in [3.05, 3.63) is 75.4 Å². The third kappa shape index (κ3) is 3.52. The quantitative estimate of drug-likeness (QED) is 0.551. The molecule has 0 aliphatic carbocycles. The summed E-state index contributed by atoms with van der Waals surface area (Å²) < 4.78 is 6.72. The second kappa shape index (κ2) is 7.52. The predicted molar refractivity (Wildman–Crippen MR) is 116 cm³/mol. The molecule has 0 spiro atoms. The maximum atomic E-state index is 12.9. The summed E-state index contributed by atoms with van der Waals surface area (Å²) in [5, 5.41) is 4.05. The Labute approximate surface area is 171 Å². The summed E-state index contributed by atoms with van der Waals surface area (Å²) in [6.45, 7) is 1.96. The Morgan fingerprint density at radius 1 is 1.14 bits per heavy atom. The van der Waals surface area contributed by atoms with Crippen molar-refractivity contribution in [3.8, 4) is 17.0 Å². The maximum Gasteiger partial charge on any atom is 0.258 e. The lowest BCUT2D eigenvalue weighted by atomic mass is 10.1. The minimum atomic E-state index is -0.353. The fourth-order valence-electron chi connectivity index (χ4n) is 3.23. The monoisotopic (exact) mass is 405 g/mol. The molecule has 0 unspecified atom stereocenters. The summed E-state index contributed by atoms with van der Waals surface area (Å²) >= 11 is 1.40. The zero-order chi connectivity index (χ0) is 20.5. The molecule has 2 aromatic heterocycles. The zero-order valence-electron chi connectivity index (χ0n) is 16.2. The van der Waals surface area contributed by atoms with Gasteiger partial charge in [0.25, 0.3) is 11.5 Å². The lowest BCUT2D eigenvalue weighted by Gasteiger charge is -2.09. The molecular formula is C22H19N3O3S. The number of aromatic nitrogens is 2. The Hall–Kier alpha value is -3.45. The minimum Gasteiger partial charge on any atom is -0.497 e. The van der Waals surface area contributed by atoms with Crippen LogP contribution in [-0.4, -0.2) is 22.6 Å². The van der Waals surface area contributed by atoms with Crippen molar-refractivity contribution >= 4 is 33.3 Å². The SMILES string of the molecule is COc1ccc(-c2nc(NC(=O)c3cc(=O)n(C)c4ccccc34)sc2C)cc1. The molecule has 7 heteroatoms. The van der Waals surface area contributed by atoms with Gasteiger partial charge in [0.1, 0.15) is 5.75 Å². The van der Waals surface area contributed by atoms with Crippen LogP contribution in [-0.2, 0) is 7.05 Å². The second-order valence-corrected chi connectivity index (χ2v) is 7.78. The van der Waals surface area contributed by atoms with E-state index < -0.39 is 0 Å². The Bertz CT molecular complexity index is 1270. The molecule has 146 valence electrons. The summed E-state index contributed by atoms with van der Waals surface area (Å²) in [4.78, 5) is 30.8. The first-order chi connectivity index (χ1) is 14.0. The van der Waals surface area contributed by atoms with E-state index in [1.165, 1.54) is 22.0 Å². The first-order valence-electron chi connectivity index (χ1n) is 9.00. The Morgan fingerprint density at radius 2 is 1.86 bits per heavy atom. The molecule has 0 saturated heterocycles. The smallest absolute Gasteiger partial charge is 0.258 e. The van der Waals surface area contributed by atoms with Gasteiger partial charge in [0.15, 0.2) is 5.13 Å². The van der Waals surface area contributed by atoms with Gasteiger partial charge in [-0.15, -0.1) is 11.3 Å². The highest BCUT2D eigenvalue weighted by Gasteiger charge is 2.17. The first kappa shape index (κ1) is 18.9. The largest absolute Gasteiger partial charge is 0.497 e. The number of fused-ring (bicyclic) bond motifs is 1. The molecule has 0 radical (unpaired) electrons. The van der Waals surface area contributed by atoms with E-state index in [1.54, 1.807) is 14.2 Å². The van der Waals surface area contributed by atoms with Gasteiger partial charge in [-0.3, -0.25) is 14.9 Å². The molecule has 2 heterocycles. The molecule has 4 aromatic rings. The number of aryl methyl sites for hydroxylation is 2. The lowest BCUT2D eigenvalue weighted by Crippen LogP contribution is -2.21. The summed E-state index contributed by atoms with van der Waals surface area (Å²) in [6, 6.07) is 16.3. The fourth-order valence-corrected chi connectivity index (χ4v) is 4.06. The number of hydrogen-bond donors (Lipinski definition) is 1. The molecule has 1 amide bonds. The van der Waals surface area contributed by atoms with Crippen LogP contribution in [0.15, 0.2) is 59.4 Å². The topological polar surface area (TPSA) is 73.2 Å². The number of hydrogen-bond acceptors (Lipinski definition) is 5. The number of amides is 1. The van der Waals surface area contributed by atoms with E-state index in [0.29, 0.717) is 16.2 Å². The van der Waals surface area contributed by atoms with E-state index in [2.05, 4.69) is 10.3 Å². The van der Waals surface area contributed by atoms with Crippen molar-refractivity contribution in [1.82, 2.24) is 9.55 Å². The van der Waals surface area contributed by atoms with Gasteiger partial charge in [0.05, 0.1) is 23.9 Å². The van der Waals surface area contributed by atoms with Gasteiger partial charge in [0, 0.05) is 28.9 Å². The highest BCUT2D eigenvalue weighted by atomic mass is 32.1. The number of para-hydroxylation sites is 1. The number of benzene rings is 2. The van der Waals surface area contributed by atoms with Crippen LogP contribution < -0.4 is 15.6 Å². The molecule has 0 bridgehead atoms. The van der Waals surface area contributed by atoms with E-state index in [9.17, 15) is 9.59 Å². The van der Waals surface area contributed by atoms with E-state index in [4.69, 9.17) is 4.74 Å². The van der Waals surface area contributed by atoms with Gasteiger partial charge in [-0.25, -0.2) is 4.98 Å². The number of rotatable bonds is 4. The number of carbonyl (C=O) groups is 1. The Kier molecular flexibility index (Phi) is 4.90. The number of carbonyl (C=O) groups excluding carboxylic acids is 1. The van der Waals surface area contributed by atoms with Gasteiger partial charge >= 0.3 is 0 Å². The summed E-state index contributed by atoms with van der Waals surface area (Å²) in [7, 11) is 3.31. The van der Waals surface area contributed by atoms with E-state index in [0.717, 1.165) is 27.3 Å². The number of nitrogens with one attached hydrogen (secondary N) is 1. The number of thiazole rings is 1. The van der Waals surface area contributed by atoms with Gasteiger partial charge in [0.2, 0.25) is 0 Å². The predicted octanol–water partition coefficient (Wildman–Crippen LogP) is 4.23. The minimum absolute atomic E-state index is 0.233. The number of methoxy groups -OCH3 is 1. The van der Waals surface area contributed by atoms with Crippen molar-refractivity contribution in [3.63, 3.8) is 0 Å². The molecule has 0 fully saturated rings. The molecule has 0 saturated carbocycles. The molecular weight excluding hydrogens is 386 g/mol. The van der Waals surface area contributed by atoms with Crippen LogP contribution in [0.2, 0.25) is 0 Å². The first-order valence-corrected chi connectivity index (χ1v) is 9.81. The Morgan fingerprint density at radius 3 is 2.59 bits per heavy atom. The number of pyridine rings is 1. The average molecular weight is 405 g/mol. The Balaban J connectivity index is 1.67. The molecule has 0 atom stereocenters. The summed E-state index contributed by atoms with van der Waals surface area (Å²) in [5.41, 5.74) is 2.56. The zero-order valence-corrected chi connectivity index (χ0v) is 17.0. The van der Waals surface area contributed by atoms with Crippen molar-refractivity contribution in [2.45, 2.75) is 6.92 Å². The van der Waals surface area contributed by atoms with Crippen LogP contribution in [0.5, 0.6) is 5.75 Å². The van der Waals surface area contributed by atoms with Crippen molar-refractivity contribution in [1.29, 1.82) is 0 Å². The van der Waals surface area contributed by atoms with Crippen LogP contribution >= 0.6 is 11.3 Å². The van der Waals surface area contributed by atoms with Crippen LogP contribution in [0.3, 0.4) is 0 Å². The van der Waals surface area contributed by atoms with Gasteiger partial charge < -0.3 is 9.30 Å². The molecule has 4 rings (SSSR count). The number of anilines is 1. The highest BCUT2D eigenvalue weighted by Crippen LogP contribution is 2.31. The van der Waals surface area contributed by atoms with Crippen molar-refractivity contribution in [2.75, 3.05) is 12.4 Å². The maximum absolute atomic E-state index is 12.9. The lowest BCUT2D eigenvalue weighted by molar-refractivity contribution is 0.102. The summed E-state index contributed by atoms with van der Waals surface area (Å²) in [6.07, 6.45) is 0. The standard InChI is InChI=1S/C22H19N3O3S/c1-13-20(14-8-10-15(28-3)11-9-14)23-22(29-13)24-21(27)17-12-19(26)25(2)18-7-5-4-6-16(17)18/h4-12H,1-3H3,(H,23,24,27). The van der Waals surface area contributed by atoms with Crippen molar-refractivity contribution in [2.24, 2.45) is 7.05 Å². The molecule has 1 N–H and O–H groups in total. The fraction of sp³-hybridized carbons (Fsp3) is 0.136. The molecule has 6 nitrogen and oxygen atoms in total. The van der Waals surface area contributed by atoms with Crippen molar-refractivity contribution < 1.29 is 9.53 Å².